The lowest BCUT2D eigenvalue weighted by Crippen LogP contribution is -2.28. The molecule has 2 aromatic rings. The van der Waals surface area contributed by atoms with Gasteiger partial charge < -0.3 is 10.1 Å². The van der Waals surface area contributed by atoms with Gasteiger partial charge in [-0.15, -0.1) is 0 Å². The summed E-state index contributed by atoms with van der Waals surface area (Å²) >= 11 is 0. The quantitative estimate of drug-likeness (QED) is 0.880. The first-order chi connectivity index (χ1) is 8.81. The van der Waals surface area contributed by atoms with Crippen LogP contribution in [0.3, 0.4) is 0 Å². The van der Waals surface area contributed by atoms with Crippen molar-refractivity contribution in [3.8, 4) is 0 Å². The van der Waals surface area contributed by atoms with E-state index < -0.39 is 0 Å². The Labute approximate surface area is 106 Å². The van der Waals surface area contributed by atoms with Crippen LogP contribution in [0.1, 0.15) is 18.4 Å². The fourth-order valence-corrected chi connectivity index (χ4v) is 2.25. The first-order valence-electron chi connectivity index (χ1n) is 6.39. The van der Waals surface area contributed by atoms with Gasteiger partial charge in [-0.1, -0.05) is 11.6 Å². The van der Waals surface area contributed by atoms with Gasteiger partial charge in [-0.2, -0.15) is 0 Å². The summed E-state index contributed by atoms with van der Waals surface area (Å²) in [5, 5.41) is 4.48. The molecule has 0 unspecified atom stereocenters. The molecule has 0 saturated carbocycles. The van der Waals surface area contributed by atoms with Crippen molar-refractivity contribution in [2.75, 3.05) is 18.5 Å². The zero-order chi connectivity index (χ0) is 12.4. The van der Waals surface area contributed by atoms with Crippen LogP contribution in [0, 0.1) is 6.92 Å². The first kappa shape index (κ1) is 11.4. The van der Waals surface area contributed by atoms with Gasteiger partial charge in [0.25, 0.3) is 0 Å². The molecule has 4 nitrogen and oxygen atoms in total. The molecule has 0 bridgehead atoms. The molecule has 3 rings (SSSR count). The number of benzene rings is 1. The third-order valence-corrected chi connectivity index (χ3v) is 3.29. The van der Waals surface area contributed by atoms with Gasteiger partial charge >= 0.3 is 0 Å². The Morgan fingerprint density at radius 2 is 2.11 bits per heavy atom. The lowest BCUT2D eigenvalue weighted by atomic mass is 10.1. The average Bonchev–Trinajstić information content (AvgIpc) is 2.40. The van der Waals surface area contributed by atoms with Crippen LogP contribution in [0.4, 0.5) is 5.95 Å². The monoisotopic (exact) mass is 243 g/mol. The van der Waals surface area contributed by atoms with Crippen LogP contribution in [-0.2, 0) is 4.74 Å². The second kappa shape index (κ2) is 4.90. The summed E-state index contributed by atoms with van der Waals surface area (Å²) in [6.07, 6.45) is 3.93. The standard InChI is InChI=1S/C14H17N3O/c1-10-2-3-13-11(8-10)9-15-14(17-13)16-12-4-6-18-7-5-12/h2-3,8-9,12H,4-7H2,1H3,(H,15,16,17). The van der Waals surface area contributed by atoms with Gasteiger partial charge in [0, 0.05) is 30.8 Å². The summed E-state index contributed by atoms with van der Waals surface area (Å²) in [7, 11) is 0. The Kier molecular flexibility index (Phi) is 3.11. The molecule has 2 heterocycles. The lowest BCUT2D eigenvalue weighted by Gasteiger charge is -2.23. The first-order valence-corrected chi connectivity index (χ1v) is 6.39. The van der Waals surface area contributed by atoms with E-state index in [0.29, 0.717) is 6.04 Å². The molecule has 0 atom stereocenters. The van der Waals surface area contributed by atoms with Crippen LogP contribution >= 0.6 is 0 Å². The van der Waals surface area contributed by atoms with Crippen molar-refractivity contribution >= 4 is 16.9 Å². The van der Waals surface area contributed by atoms with E-state index in [2.05, 4.69) is 34.3 Å². The van der Waals surface area contributed by atoms with Crippen molar-refractivity contribution in [2.45, 2.75) is 25.8 Å². The van der Waals surface area contributed by atoms with Crippen molar-refractivity contribution in [2.24, 2.45) is 0 Å². The number of ether oxygens (including phenoxy) is 1. The molecule has 4 heteroatoms. The van der Waals surface area contributed by atoms with E-state index in [4.69, 9.17) is 4.74 Å². The highest BCUT2D eigenvalue weighted by atomic mass is 16.5. The maximum atomic E-state index is 5.34. The Hall–Kier alpha value is -1.68. The minimum absolute atomic E-state index is 0.432. The van der Waals surface area contributed by atoms with Crippen molar-refractivity contribution in [1.82, 2.24) is 9.97 Å². The molecular formula is C14H17N3O. The number of nitrogens with one attached hydrogen (secondary N) is 1. The molecule has 1 saturated heterocycles. The maximum Gasteiger partial charge on any atom is 0.223 e. The van der Waals surface area contributed by atoms with E-state index >= 15 is 0 Å². The van der Waals surface area contributed by atoms with Gasteiger partial charge in [-0.25, -0.2) is 9.97 Å². The topological polar surface area (TPSA) is 47.0 Å². The summed E-state index contributed by atoms with van der Waals surface area (Å²) in [5.74, 6) is 0.721. The predicted molar refractivity (Wildman–Crippen MR) is 71.7 cm³/mol. The molecular weight excluding hydrogens is 226 g/mol. The number of rotatable bonds is 2. The molecule has 0 aliphatic carbocycles. The summed E-state index contributed by atoms with van der Waals surface area (Å²) in [5.41, 5.74) is 2.22. The summed E-state index contributed by atoms with van der Waals surface area (Å²) < 4.78 is 5.34. The Morgan fingerprint density at radius 1 is 1.28 bits per heavy atom. The molecule has 1 aromatic carbocycles. The van der Waals surface area contributed by atoms with Crippen molar-refractivity contribution < 1.29 is 4.74 Å². The Balaban J connectivity index is 1.82. The van der Waals surface area contributed by atoms with Gasteiger partial charge in [0.1, 0.15) is 0 Å². The van der Waals surface area contributed by atoms with Gasteiger partial charge in [0.15, 0.2) is 0 Å². The third-order valence-electron chi connectivity index (χ3n) is 3.29. The zero-order valence-electron chi connectivity index (χ0n) is 10.5. The van der Waals surface area contributed by atoms with Crippen LogP contribution in [0.2, 0.25) is 0 Å². The Morgan fingerprint density at radius 3 is 2.94 bits per heavy atom. The smallest absolute Gasteiger partial charge is 0.223 e. The summed E-state index contributed by atoms with van der Waals surface area (Å²) in [6, 6.07) is 6.66. The molecule has 1 aromatic heterocycles. The summed E-state index contributed by atoms with van der Waals surface area (Å²) in [6.45, 7) is 3.72. The molecule has 1 aliphatic heterocycles. The van der Waals surface area contributed by atoms with Gasteiger partial charge in [-0.05, 0) is 31.9 Å². The van der Waals surface area contributed by atoms with Crippen LogP contribution in [0.25, 0.3) is 10.9 Å². The van der Waals surface area contributed by atoms with Crippen LogP contribution in [0.15, 0.2) is 24.4 Å². The number of hydrogen-bond acceptors (Lipinski definition) is 4. The van der Waals surface area contributed by atoms with E-state index in [9.17, 15) is 0 Å². The van der Waals surface area contributed by atoms with Gasteiger partial charge in [0.2, 0.25) is 5.95 Å². The minimum Gasteiger partial charge on any atom is -0.381 e. The Bertz CT molecular complexity index is 550. The molecule has 1 N–H and O–H groups in total. The molecule has 0 radical (unpaired) electrons. The molecule has 94 valence electrons. The molecule has 18 heavy (non-hydrogen) atoms. The number of hydrogen-bond donors (Lipinski definition) is 1. The van der Waals surface area contributed by atoms with E-state index in [1.54, 1.807) is 0 Å². The highest BCUT2D eigenvalue weighted by Gasteiger charge is 2.14. The van der Waals surface area contributed by atoms with E-state index in [1.807, 2.05) is 12.3 Å². The molecule has 0 spiro atoms. The normalized spacial score (nSPS) is 16.9. The second-order valence-corrected chi connectivity index (χ2v) is 4.79. The maximum absolute atomic E-state index is 5.34. The van der Waals surface area contributed by atoms with Crippen LogP contribution < -0.4 is 5.32 Å². The largest absolute Gasteiger partial charge is 0.381 e. The van der Waals surface area contributed by atoms with Gasteiger partial charge in [-0.3, -0.25) is 0 Å². The van der Waals surface area contributed by atoms with Gasteiger partial charge in [0.05, 0.1) is 5.52 Å². The SMILES string of the molecule is Cc1ccc2nc(NC3CCOCC3)ncc2c1. The minimum atomic E-state index is 0.432. The lowest BCUT2D eigenvalue weighted by molar-refractivity contribution is 0.0903. The fourth-order valence-electron chi connectivity index (χ4n) is 2.25. The van der Waals surface area contributed by atoms with Crippen molar-refractivity contribution in [3.05, 3.63) is 30.0 Å². The fraction of sp³-hybridized carbons (Fsp3) is 0.429. The zero-order valence-corrected chi connectivity index (χ0v) is 10.5. The number of aromatic nitrogens is 2. The van der Waals surface area contributed by atoms with Crippen LogP contribution in [-0.4, -0.2) is 29.2 Å². The molecule has 1 fully saturated rings. The van der Waals surface area contributed by atoms with Crippen molar-refractivity contribution in [1.29, 1.82) is 0 Å². The van der Waals surface area contributed by atoms with Crippen molar-refractivity contribution in [3.63, 3.8) is 0 Å². The van der Waals surface area contributed by atoms with E-state index in [-0.39, 0.29) is 0 Å². The summed E-state index contributed by atoms with van der Waals surface area (Å²) in [4.78, 5) is 8.93. The number of anilines is 1. The van der Waals surface area contributed by atoms with E-state index in [0.717, 1.165) is 42.9 Å². The highest BCUT2D eigenvalue weighted by Crippen LogP contribution is 2.16. The average molecular weight is 243 g/mol. The predicted octanol–water partition coefficient (Wildman–Crippen LogP) is 2.53. The number of nitrogens with zero attached hydrogens (tertiary/aromatic N) is 2. The van der Waals surface area contributed by atoms with Crippen LogP contribution in [0.5, 0.6) is 0 Å². The highest BCUT2D eigenvalue weighted by molar-refractivity contribution is 5.79. The molecule has 1 aliphatic rings. The third kappa shape index (κ3) is 2.43. The molecule has 0 amide bonds. The number of aryl methyl sites for hydroxylation is 1. The van der Waals surface area contributed by atoms with E-state index in [1.165, 1.54) is 5.56 Å². The second-order valence-electron chi connectivity index (χ2n) is 4.79. The number of fused-ring (bicyclic) bond motifs is 1.